The topological polar surface area (TPSA) is 76.1 Å². The molecule has 7 heteroatoms. The second-order valence-electron chi connectivity index (χ2n) is 5.79. The standard InChI is InChI=1S/C16H24N4O2S/c1-6-11(7-22-5)20-14-12-10(4)13(15(21)19-9(2)3)23-16(12)18-8-17-14/h8-9,11H,6-7H2,1-5H3,(H,19,21)(H,17,18,20)/t11-/m0/s1. The van der Waals surface area contributed by atoms with Crippen LogP contribution in [-0.4, -0.2) is 41.7 Å². The van der Waals surface area contributed by atoms with Gasteiger partial charge < -0.3 is 15.4 Å². The summed E-state index contributed by atoms with van der Waals surface area (Å²) in [4.78, 5) is 22.5. The zero-order valence-electron chi connectivity index (χ0n) is 14.3. The van der Waals surface area contributed by atoms with Gasteiger partial charge in [-0.15, -0.1) is 11.3 Å². The number of hydrogen-bond acceptors (Lipinski definition) is 6. The van der Waals surface area contributed by atoms with E-state index in [2.05, 4.69) is 27.5 Å². The minimum atomic E-state index is -0.0598. The average molecular weight is 336 g/mol. The Balaban J connectivity index is 2.40. The highest BCUT2D eigenvalue weighted by atomic mass is 32.1. The van der Waals surface area contributed by atoms with Crippen molar-refractivity contribution >= 4 is 33.3 Å². The van der Waals surface area contributed by atoms with E-state index in [0.717, 1.165) is 28.0 Å². The lowest BCUT2D eigenvalue weighted by Crippen LogP contribution is -2.29. The molecule has 2 rings (SSSR count). The molecule has 2 heterocycles. The molecular weight excluding hydrogens is 312 g/mol. The molecule has 2 aromatic heterocycles. The Kier molecular flexibility index (Phi) is 5.90. The third-order valence-corrected chi connectivity index (χ3v) is 4.75. The fourth-order valence-electron chi connectivity index (χ4n) is 2.38. The van der Waals surface area contributed by atoms with Crippen LogP contribution in [0.2, 0.25) is 0 Å². The van der Waals surface area contributed by atoms with Gasteiger partial charge in [0.15, 0.2) is 0 Å². The molecular formula is C16H24N4O2S. The van der Waals surface area contributed by atoms with Crippen LogP contribution in [0.15, 0.2) is 6.33 Å². The minimum Gasteiger partial charge on any atom is -0.383 e. The molecule has 0 saturated carbocycles. The number of hydrogen-bond donors (Lipinski definition) is 2. The predicted molar refractivity (Wildman–Crippen MR) is 94.3 cm³/mol. The lowest BCUT2D eigenvalue weighted by Gasteiger charge is -2.17. The Labute approximate surface area is 140 Å². The normalized spacial score (nSPS) is 12.6. The van der Waals surface area contributed by atoms with Gasteiger partial charge in [-0.05, 0) is 32.8 Å². The number of fused-ring (bicyclic) bond motifs is 1. The average Bonchev–Trinajstić information content (AvgIpc) is 2.84. The minimum absolute atomic E-state index is 0.0598. The first-order valence-corrected chi connectivity index (χ1v) is 8.60. The number of rotatable bonds is 7. The molecule has 0 bridgehead atoms. The number of aromatic nitrogens is 2. The summed E-state index contributed by atoms with van der Waals surface area (Å²) in [6, 6.07) is 0.271. The summed E-state index contributed by atoms with van der Waals surface area (Å²) < 4.78 is 5.23. The van der Waals surface area contributed by atoms with Gasteiger partial charge in [0.2, 0.25) is 0 Å². The zero-order chi connectivity index (χ0) is 17.0. The molecule has 2 N–H and O–H groups in total. The molecule has 1 amide bonds. The molecule has 0 fully saturated rings. The first-order valence-electron chi connectivity index (χ1n) is 7.78. The molecule has 1 atom stereocenters. The van der Waals surface area contributed by atoms with Crippen LogP contribution >= 0.6 is 11.3 Å². The molecule has 0 aliphatic rings. The second-order valence-corrected chi connectivity index (χ2v) is 6.79. The summed E-state index contributed by atoms with van der Waals surface area (Å²) in [5.41, 5.74) is 0.915. The summed E-state index contributed by atoms with van der Waals surface area (Å²) in [7, 11) is 1.68. The highest BCUT2D eigenvalue weighted by molar-refractivity contribution is 7.20. The van der Waals surface area contributed by atoms with Crippen molar-refractivity contribution in [2.45, 2.75) is 46.2 Å². The highest BCUT2D eigenvalue weighted by Gasteiger charge is 2.20. The van der Waals surface area contributed by atoms with Crippen LogP contribution in [-0.2, 0) is 4.74 Å². The highest BCUT2D eigenvalue weighted by Crippen LogP contribution is 2.33. The predicted octanol–water partition coefficient (Wildman–Crippen LogP) is 2.97. The fraction of sp³-hybridized carbons (Fsp3) is 0.562. The van der Waals surface area contributed by atoms with Crippen LogP contribution in [0.4, 0.5) is 5.82 Å². The van der Waals surface area contributed by atoms with E-state index >= 15 is 0 Å². The van der Waals surface area contributed by atoms with Crippen molar-refractivity contribution in [1.82, 2.24) is 15.3 Å². The summed E-state index contributed by atoms with van der Waals surface area (Å²) in [5, 5.41) is 7.26. The third kappa shape index (κ3) is 3.97. The van der Waals surface area contributed by atoms with E-state index in [-0.39, 0.29) is 18.0 Å². The number of aryl methyl sites for hydroxylation is 1. The van der Waals surface area contributed by atoms with E-state index in [1.54, 1.807) is 7.11 Å². The van der Waals surface area contributed by atoms with Gasteiger partial charge in [0.1, 0.15) is 17.0 Å². The molecule has 0 radical (unpaired) electrons. The largest absolute Gasteiger partial charge is 0.383 e. The maximum atomic E-state index is 12.3. The van der Waals surface area contributed by atoms with Crippen LogP contribution in [0.3, 0.4) is 0 Å². The molecule has 6 nitrogen and oxygen atoms in total. The summed E-state index contributed by atoms with van der Waals surface area (Å²) in [6.45, 7) is 8.54. The first-order chi connectivity index (χ1) is 11.0. The van der Waals surface area contributed by atoms with Gasteiger partial charge in [-0.25, -0.2) is 9.97 Å². The van der Waals surface area contributed by atoms with Crippen molar-refractivity contribution in [3.05, 3.63) is 16.8 Å². The lowest BCUT2D eigenvalue weighted by molar-refractivity contribution is 0.0947. The molecule has 23 heavy (non-hydrogen) atoms. The van der Waals surface area contributed by atoms with Gasteiger partial charge in [0.25, 0.3) is 5.91 Å². The molecule has 0 unspecified atom stereocenters. The number of nitrogens with zero attached hydrogens (tertiary/aromatic N) is 2. The Bertz CT molecular complexity index is 684. The number of carbonyl (C=O) groups is 1. The number of nitrogens with one attached hydrogen (secondary N) is 2. The van der Waals surface area contributed by atoms with E-state index in [9.17, 15) is 4.79 Å². The zero-order valence-corrected chi connectivity index (χ0v) is 15.1. The van der Waals surface area contributed by atoms with Crippen LogP contribution in [0, 0.1) is 6.92 Å². The van der Waals surface area contributed by atoms with Crippen LogP contribution in [0.5, 0.6) is 0 Å². The summed E-state index contributed by atoms with van der Waals surface area (Å²) in [5.74, 6) is 0.701. The molecule has 126 valence electrons. The fourth-order valence-corrected chi connectivity index (χ4v) is 3.43. The van der Waals surface area contributed by atoms with Gasteiger partial charge in [-0.1, -0.05) is 6.92 Å². The Hall–Kier alpha value is -1.73. The number of amides is 1. The molecule has 0 aromatic carbocycles. The van der Waals surface area contributed by atoms with E-state index < -0.39 is 0 Å². The quantitative estimate of drug-likeness (QED) is 0.813. The van der Waals surface area contributed by atoms with E-state index in [4.69, 9.17) is 4.74 Å². The van der Waals surface area contributed by atoms with Crippen LogP contribution in [0.1, 0.15) is 42.4 Å². The Morgan fingerprint density at radius 2 is 2.13 bits per heavy atom. The van der Waals surface area contributed by atoms with Crippen LogP contribution < -0.4 is 10.6 Å². The van der Waals surface area contributed by atoms with Crippen molar-refractivity contribution in [3.63, 3.8) is 0 Å². The molecule has 0 saturated heterocycles. The van der Waals surface area contributed by atoms with Gasteiger partial charge >= 0.3 is 0 Å². The second kappa shape index (κ2) is 7.70. The van der Waals surface area contributed by atoms with Gasteiger partial charge in [-0.2, -0.15) is 0 Å². The van der Waals surface area contributed by atoms with Gasteiger partial charge in [0, 0.05) is 13.2 Å². The molecule has 0 aliphatic heterocycles. The molecule has 2 aromatic rings. The van der Waals surface area contributed by atoms with Crippen molar-refractivity contribution < 1.29 is 9.53 Å². The number of ether oxygens (including phenoxy) is 1. The Morgan fingerprint density at radius 1 is 1.39 bits per heavy atom. The third-order valence-electron chi connectivity index (χ3n) is 3.55. The van der Waals surface area contributed by atoms with E-state index in [1.165, 1.54) is 17.7 Å². The molecule has 0 aliphatic carbocycles. The van der Waals surface area contributed by atoms with Crippen LogP contribution in [0.25, 0.3) is 10.2 Å². The van der Waals surface area contributed by atoms with Gasteiger partial charge in [0.05, 0.1) is 22.9 Å². The molecule has 0 spiro atoms. The summed E-state index contributed by atoms with van der Waals surface area (Å²) >= 11 is 1.40. The van der Waals surface area contributed by atoms with Gasteiger partial charge in [-0.3, -0.25) is 4.79 Å². The van der Waals surface area contributed by atoms with Crippen molar-refractivity contribution in [2.75, 3.05) is 19.0 Å². The van der Waals surface area contributed by atoms with Crippen molar-refractivity contribution in [2.24, 2.45) is 0 Å². The number of methoxy groups -OCH3 is 1. The van der Waals surface area contributed by atoms with Crippen molar-refractivity contribution in [3.8, 4) is 0 Å². The smallest absolute Gasteiger partial charge is 0.261 e. The Morgan fingerprint density at radius 3 is 2.74 bits per heavy atom. The monoisotopic (exact) mass is 336 g/mol. The number of carbonyl (C=O) groups excluding carboxylic acids is 1. The maximum absolute atomic E-state index is 12.3. The lowest BCUT2D eigenvalue weighted by atomic mass is 10.1. The first kappa shape index (κ1) is 17.6. The number of anilines is 1. The summed E-state index contributed by atoms with van der Waals surface area (Å²) in [6.07, 6.45) is 2.45. The maximum Gasteiger partial charge on any atom is 0.261 e. The van der Waals surface area contributed by atoms with Crippen molar-refractivity contribution in [1.29, 1.82) is 0 Å². The van der Waals surface area contributed by atoms with E-state index in [0.29, 0.717) is 11.5 Å². The van der Waals surface area contributed by atoms with E-state index in [1.807, 2.05) is 20.8 Å². The SMILES string of the molecule is CC[C@@H](COC)Nc1ncnc2sc(C(=O)NC(C)C)c(C)c12. The number of thiophene rings is 1.